The van der Waals surface area contributed by atoms with Gasteiger partial charge in [0.2, 0.25) is 5.91 Å². The number of aromatic carboxylic acids is 1. The number of aromatic nitrogens is 3. The third-order valence-corrected chi connectivity index (χ3v) is 3.20. The lowest BCUT2D eigenvalue weighted by Gasteiger charge is -2.08. The monoisotopic (exact) mass is 386 g/mol. The summed E-state index contributed by atoms with van der Waals surface area (Å²) in [7, 11) is 0. The van der Waals surface area contributed by atoms with Crippen molar-refractivity contribution in [3.8, 4) is 0 Å². The van der Waals surface area contributed by atoms with Crippen LogP contribution in [0.2, 0.25) is 0 Å². The first-order valence-corrected chi connectivity index (χ1v) is 6.73. The fourth-order valence-electron chi connectivity index (χ4n) is 1.58. The molecule has 1 heterocycles. The molecule has 0 aliphatic rings. The molecule has 0 fully saturated rings. The van der Waals surface area contributed by atoms with Crippen LogP contribution in [0.3, 0.4) is 0 Å². The lowest BCUT2D eigenvalue weighted by Crippen LogP contribution is -2.19. The molecule has 0 radical (unpaired) electrons. The zero-order valence-corrected chi connectivity index (χ0v) is 12.7. The second kappa shape index (κ2) is 5.99. The first-order valence-electron chi connectivity index (χ1n) is 5.65. The van der Waals surface area contributed by atoms with Gasteiger partial charge in [0.1, 0.15) is 6.54 Å². The number of carbonyl (C=O) groups excluding carboxylic acids is 1. The fourth-order valence-corrected chi connectivity index (χ4v) is 2.22. The van der Waals surface area contributed by atoms with Crippen molar-refractivity contribution < 1.29 is 14.7 Å². The summed E-state index contributed by atoms with van der Waals surface area (Å²) in [6, 6.07) is 5.66. The highest BCUT2D eigenvalue weighted by molar-refractivity contribution is 14.1. The van der Waals surface area contributed by atoms with E-state index in [2.05, 4.69) is 38.2 Å². The van der Waals surface area contributed by atoms with Gasteiger partial charge in [-0.1, -0.05) is 5.21 Å². The molecule has 0 saturated carbocycles. The summed E-state index contributed by atoms with van der Waals surface area (Å²) in [5.41, 5.74) is 1.48. The third-order valence-electron chi connectivity index (χ3n) is 2.53. The molecule has 104 valence electrons. The first kappa shape index (κ1) is 14.4. The van der Waals surface area contributed by atoms with Crippen LogP contribution in [0, 0.1) is 10.5 Å². The Bertz CT molecular complexity index is 668. The van der Waals surface area contributed by atoms with Crippen molar-refractivity contribution in [2.45, 2.75) is 13.5 Å². The first-order chi connectivity index (χ1) is 9.45. The summed E-state index contributed by atoms with van der Waals surface area (Å²) >= 11 is 2.19. The Morgan fingerprint density at radius 1 is 1.45 bits per heavy atom. The van der Waals surface area contributed by atoms with Gasteiger partial charge in [-0.05, 0) is 53.3 Å². The maximum atomic E-state index is 11.8. The van der Waals surface area contributed by atoms with Crippen molar-refractivity contribution in [2.24, 2.45) is 0 Å². The van der Waals surface area contributed by atoms with Crippen LogP contribution >= 0.6 is 22.6 Å². The molecule has 2 aromatic rings. The molecule has 0 spiro atoms. The zero-order chi connectivity index (χ0) is 14.7. The SMILES string of the molecule is Cc1cc(I)ccc1NC(=O)Cn1cc(C(=O)O)nn1. The van der Waals surface area contributed by atoms with Crippen LogP contribution in [-0.4, -0.2) is 32.0 Å². The average molecular weight is 386 g/mol. The maximum absolute atomic E-state index is 11.8. The third kappa shape index (κ3) is 3.53. The summed E-state index contributed by atoms with van der Waals surface area (Å²) < 4.78 is 2.27. The van der Waals surface area contributed by atoms with Gasteiger partial charge < -0.3 is 10.4 Å². The van der Waals surface area contributed by atoms with Crippen molar-refractivity contribution in [2.75, 3.05) is 5.32 Å². The van der Waals surface area contributed by atoms with Gasteiger partial charge in [-0.3, -0.25) is 4.79 Å². The normalized spacial score (nSPS) is 10.3. The number of carboxylic acids is 1. The molecule has 2 rings (SSSR count). The zero-order valence-electron chi connectivity index (χ0n) is 10.5. The van der Waals surface area contributed by atoms with E-state index in [1.54, 1.807) is 0 Å². The summed E-state index contributed by atoms with van der Waals surface area (Å²) in [6.07, 6.45) is 1.21. The summed E-state index contributed by atoms with van der Waals surface area (Å²) in [5.74, 6) is -1.47. The van der Waals surface area contributed by atoms with Crippen LogP contribution < -0.4 is 5.32 Å². The molecule has 0 aliphatic heterocycles. The van der Waals surface area contributed by atoms with Crippen LogP contribution in [0.1, 0.15) is 16.1 Å². The number of amides is 1. The quantitative estimate of drug-likeness (QED) is 0.777. The number of aryl methyl sites for hydroxylation is 1. The van der Waals surface area contributed by atoms with Crippen LogP contribution in [-0.2, 0) is 11.3 Å². The molecule has 7 nitrogen and oxygen atoms in total. The Balaban J connectivity index is 2.03. The lowest BCUT2D eigenvalue weighted by molar-refractivity contribution is -0.116. The van der Waals surface area contributed by atoms with Gasteiger partial charge in [0.05, 0.1) is 6.20 Å². The molecular formula is C12H11IN4O3. The molecule has 1 amide bonds. The van der Waals surface area contributed by atoms with Gasteiger partial charge >= 0.3 is 5.97 Å². The Labute approximate surface area is 128 Å². The lowest BCUT2D eigenvalue weighted by atomic mass is 10.2. The summed E-state index contributed by atoms with van der Waals surface area (Å²) in [6.45, 7) is 1.81. The highest BCUT2D eigenvalue weighted by Gasteiger charge is 2.11. The standard InChI is InChI=1S/C12H11IN4O3/c1-7-4-8(13)2-3-9(7)14-11(18)6-17-5-10(12(19)20)15-16-17/h2-5H,6H2,1H3,(H,14,18)(H,19,20). The molecule has 1 aromatic heterocycles. The van der Waals surface area contributed by atoms with Crippen molar-refractivity contribution in [3.63, 3.8) is 0 Å². The Kier molecular flexibility index (Phi) is 4.32. The van der Waals surface area contributed by atoms with E-state index in [1.807, 2.05) is 25.1 Å². The molecule has 2 N–H and O–H groups in total. The number of benzene rings is 1. The number of carboxylic acid groups (broad SMARTS) is 1. The number of halogens is 1. The number of hydrogen-bond acceptors (Lipinski definition) is 4. The second-order valence-electron chi connectivity index (χ2n) is 4.11. The highest BCUT2D eigenvalue weighted by Crippen LogP contribution is 2.17. The summed E-state index contributed by atoms with van der Waals surface area (Å²) in [5, 5.41) is 18.5. The van der Waals surface area contributed by atoms with E-state index in [9.17, 15) is 9.59 Å². The van der Waals surface area contributed by atoms with Crippen LogP contribution in [0.5, 0.6) is 0 Å². The van der Waals surface area contributed by atoms with Gasteiger partial charge in [0.15, 0.2) is 5.69 Å². The van der Waals surface area contributed by atoms with E-state index >= 15 is 0 Å². The number of hydrogen-bond donors (Lipinski definition) is 2. The predicted octanol–water partition coefficient (Wildman–Crippen LogP) is 1.53. The minimum absolute atomic E-state index is 0.0916. The number of nitrogens with zero attached hydrogens (tertiary/aromatic N) is 3. The molecule has 0 atom stereocenters. The van der Waals surface area contributed by atoms with Gasteiger partial charge in [-0.2, -0.15) is 0 Å². The van der Waals surface area contributed by atoms with E-state index in [1.165, 1.54) is 10.9 Å². The van der Waals surface area contributed by atoms with E-state index < -0.39 is 5.97 Å². The number of carbonyl (C=O) groups is 2. The van der Waals surface area contributed by atoms with E-state index in [0.717, 1.165) is 9.13 Å². The second-order valence-corrected chi connectivity index (χ2v) is 5.36. The molecule has 0 saturated heterocycles. The molecular weight excluding hydrogens is 375 g/mol. The van der Waals surface area contributed by atoms with Crippen molar-refractivity contribution in [1.82, 2.24) is 15.0 Å². The Hall–Kier alpha value is -1.97. The van der Waals surface area contributed by atoms with Gasteiger partial charge in [0.25, 0.3) is 0 Å². The summed E-state index contributed by atoms with van der Waals surface area (Å²) in [4.78, 5) is 22.5. The average Bonchev–Trinajstić information content (AvgIpc) is 2.81. The topological polar surface area (TPSA) is 97.1 Å². The Morgan fingerprint density at radius 2 is 2.20 bits per heavy atom. The maximum Gasteiger partial charge on any atom is 0.358 e. The predicted molar refractivity (Wildman–Crippen MR) is 79.5 cm³/mol. The smallest absolute Gasteiger partial charge is 0.358 e. The van der Waals surface area contributed by atoms with E-state index in [0.29, 0.717) is 5.69 Å². The molecule has 0 bridgehead atoms. The Morgan fingerprint density at radius 3 is 2.80 bits per heavy atom. The molecule has 8 heteroatoms. The number of rotatable bonds is 4. The molecule has 0 unspecified atom stereocenters. The molecule has 1 aromatic carbocycles. The van der Waals surface area contributed by atoms with E-state index in [4.69, 9.17) is 5.11 Å². The largest absolute Gasteiger partial charge is 0.476 e. The number of anilines is 1. The highest BCUT2D eigenvalue weighted by atomic mass is 127. The van der Waals surface area contributed by atoms with Gasteiger partial charge in [-0.25, -0.2) is 9.48 Å². The minimum Gasteiger partial charge on any atom is -0.476 e. The van der Waals surface area contributed by atoms with Crippen molar-refractivity contribution in [3.05, 3.63) is 39.2 Å². The molecule has 0 aliphatic carbocycles. The molecule has 20 heavy (non-hydrogen) atoms. The van der Waals surface area contributed by atoms with Crippen LogP contribution in [0.25, 0.3) is 0 Å². The number of nitrogens with one attached hydrogen (secondary N) is 1. The van der Waals surface area contributed by atoms with Crippen molar-refractivity contribution >= 4 is 40.2 Å². The van der Waals surface area contributed by atoms with E-state index in [-0.39, 0.29) is 18.1 Å². The van der Waals surface area contributed by atoms with Crippen molar-refractivity contribution in [1.29, 1.82) is 0 Å². The van der Waals surface area contributed by atoms with Gasteiger partial charge in [-0.15, -0.1) is 5.10 Å². The van der Waals surface area contributed by atoms with Crippen LogP contribution in [0.4, 0.5) is 5.69 Å². The van der Waals surface area contributed by atoms with Gasteiger partial charge in [0, 0.05) is 9.26 Å². The fraction of sp³-hybridized carbons (Fsp3) is 0.167. The minimum atomic E-state index is -1.18. The van der Waals surface area contributed by atoms with Crippen LogP contribution in [0.15, 0.2) is 24.4 Å².